The molecule has 0 bridgehead atoms. The number of alkyl halides is 3. The van der Waals surface area contributed by atoms with Gasteiger partial charge in [-0.3, -0.25) is 9.59 Å². The van der Waals surface area contributed by atoms with E-state index < -0.39 is 29.7 Å². The monoisotopic (exact) mass is 345 g/mol. The van der Waals surface area contributed by atoms with Crippen LogP contribution in [-0.2, 0) is 20.5 Å². The highest BCUT2D eigenvalue weighted by Gasteiger charge is 2.30. The first-order chi connectivity index (χ1) is 11.2. The Morgan fingerprint density at radius 1 is 1.17 bits per heavy atom. The number of rotatable bonds is 7. The second-order valence-electron chi connectivity index (χ2n) is 5.06. The number of methoxy groups -OCH3 is 1. The number of benzene rings is 1. The summed E-state index contributed by atoms with van der Waals surface area (Å²) in [5.74, 6) is -1.52. The normalized spacial score (nSPS) is 12.4. The molecular weight excluding hydrogens is 327 g/mol. The van der Waals surface area contributed by atoms with E-state index in [1.165, 1.54) is 0 Å². The predicted molar refractivity (Wildman–Crippen MR) is 79.2 cm³/mol. The van der Waals surface area contributed by atoms with Gasteiger partial charge in [0.15, 0.2) is 0 Å². The van der Waals surface area contributed by atoms with E-state index in [4.69, 9.17) is 0 Å². The summed E-state index contributed by atoms with van der Waals surface area (Å²) in [7, 11) is 1.14. The molecule has 1 amide bonds. The van der Waals surface area contributed by atoms with Crippen molar-refractivity contribution in [3.8, 4) is 0 Å². The summed E-state index contributed by atoms with van der Waals surface area (Å²) in [6.07, 6.45) is -4.04. The zero-order valence-corrected chi connectivity index (χ0v) is 13.3. The van der Waals surface area contributed by atoms with Crippen molar-refractivity contribution in [2.45, 2.75) is 38.4 Å². The van der Waals surface area contributed by atoms with Crippen LogP contribution in [0.4, 0.5) is 13.2 Å². The molecule has 8 heteroatoms. The number of nitrogens with one attached hydrogen (secondary N) is 1. The van der Waals surface area contributed by atoms with Crippen LogP contribution in [0.5, 0.6) is 0 Å². The molecule has 0 aliphatic heterocycles. The van der Waals surface area contributed by atoms with Gasteiger partial charge in [0.25, 0.3) is 5.91 Å². The van der Waals surface area contributed by atoms with E-state index in [0.717, 1.165) is 31.4 Å². The molecule has 132 valence electrons. The minimum absolute atomic E-state index is 0.0290. The molecule has 0 aromatic heterocycles. The van der Waals surface area contributed by atoms with Crippen molar-refractivity contribution in [3.63, 3.8) is 0 Å². The number of carbonyl (C=O) groups is 3. The van der Waals surface area contributed by atoms with Crippen molar-refractivity contribution < 1.29 is 32.3 Å². The fourth-order valence-electron chi connectivity index (χ4n) is 1.93. The van der Waals surface area contributed by atoms with E-state index >= 15 is 0 Å². The molecule has 0 spiro atoms. The number of hydrogen-bond acceptors (Lipinski definition) is 4. The first-order valence-corrected chi connectivity index (χ1v) is 7.26. The third-order valence-corrected chi connectivity index (χ3v) is 3.37. The molecule has 0 aliphatic rings. The third-order valence-electron chi connectivity index (χ3n) is 3.37. The summed E-state index contributed by atoms with van der Waals surface area (Å²) in [5.41, 5.74) is -0.907. The molecule has 1 aromatic carbocycles. The Balaban J connectivity index is 2.80. The van der Waals surface area contributed by atoms with Crippen LogP contribution < -0.4 is 5.32 Å². The Kier molecular flexibility index (Phi) is 6.94. The maximum absolute atomic E-state index is 12.5. The highest BCUT2D eigenvalue weighted by atomic mass is 19.4. The van der Waals surface area contributed by atoms with E-state index in [-0.39, 0.29) is 24.2 Å². The van der Waals surface area contributed by atoms with Crippen molar-refractivity contribution in [2.75, 3.05) is 7.11 Å². The van der Waals surface area contributed by atoms with Crippen LogP contribution >= 0.6 is 0 Å². The van der Waals surface area contributed by atoms with Gasteiger partial charge in [0.1, 0.15) is 11.8 Å². The summed E-state index contributed by atoms with van der Waals surface area (Å²) in [5, 5.41) is 2.37. The minimum atomic E-state index is -4.50. The van der Waals surface area contributed by atoms with Crippen LogP contribution in [0.1, 0.15) is 42.1 Å². The number of ether oxygens (including phenoxy) is 1. The van der Waals surface area contributed by atoms with Crippen molar-refractivity contribution in [1.82, 2.24) is 5.32 Å². The first kappa shape index (κ1) is 19.7. The van der Waals surface area contributed by atoms with Gasteiger partial charge in [0, 0.05) is 18.4 Å². The Morgan fingerprint density at radius 2 is 1.75 bits per heavy atom. The van der Waals surface area contributed by atoms with Crippen LogP contribution in [0.25, 0.3) is 0 Å². The van der Waals surface area contributed by atoms with Gasteiger partial charge < -0.3 is 10.1 Å². The van der Waals surface area contributed by atoms with Crippen LogP contribution in [0.2, 0.25) is 0 Å². The number of Topliss-reactive ketones (excluding diaryl/α,β-unsaturated/α-hetero) is 1. The Morgan fingerprint density at radius 3 is 2.21 bits per heavy atom. The van der Waals surface area contributed by atoms with Crippen LogP contribution in [0, 0.1) is 0 Å². The number of esters is 1. The molecule has 0 saturated heterocycles. The molecule has 0 heterocycles. The predicted octanol–water partition coefficient (Wildman–Crippen LogP) is 2.74. The number of hydrogen-bond donors (Lipinski definition) is 1. The Labute approximate surface area is 137 Å². The quantitative estimate of drug-likeness (QED) is 0.771. The molecule has 24 heavy (non-hydrogen) atoms. The number of carbonyl (C=O) groups excluding carboxylic acids is 3. The van der Waals surface area contributed by atoms with Gasteiger partial charge in [-0.25, -0.2) is 4.79 Å². The first-order valence-electron chi connectivity index (χ1n) is 7.26. The lowest BCUT2D eigenvalue weighted by Crippen LogP contribution is -2.41. The highest BCUT2D eigenvalue weighted by Crippen LogP contribution is 2.29. The molecule has 0 aliphatic carbocycles. The SMILES string of the molecule is CCC(=O)CC[C@H](NC(=O)c1ccc(C(F)(F)F)cc1)C(=O)OC. The molecule has 0 radical (unpaired) electrons. The summed E-state index contributed by atoms with van der Waals surface area (Å²) in [4.78, 5) is 35.1. The zero-order valence-electron chi connectivity index (χ0n) is 13.3. The molecule has 1 atom stereocenters. The summed E-state index contributed by atoms with van der Waals surface area (Å²) in [6.45, 7) is 1.68. The summed E-state index contributed by atoms with van der Waals surface area (Å²) >= 11 is 0. The molecular formula is C16H18F3NO4. The molecule has 1 aromatic rings. The van der Waals surface area contributed by atoms with Crippen LogP contribution in [0.15, 0.2) is 24.3 Å². The number of amides is 1. The van der Waals surface area contributed by atoms with E-state index in [9.17, 15) is 27.6 Å². The van der Waals surface area contributed by atoms with Gasteiger partial charge in [-0.15, -0.1) is 0 Å². The Bertz CT molecular complexity index is 596. The zero-order chi connectivity index (χ0) is 18.3. The summed E-state index contributed by atoms with van der Waals surface area (Å²) < 4.78 is 42.1. The largest absolute Gasteiger partial charge is 0.467 e. The molecule has 0 unspecified atom stereocenters. The van der Waals surface area contributed by atoms with Gasteiger partial charge in [-0.2, -0.15) is 13.2 Å². The van der Waals surface area contributed by atoms with Gasteiger partial charge in [-0.1, -0.05) is 6.92 Å². The molecule has 1 N–H and O–H groups in total. The van der Waals surface area contributed by atoms with Crippen molar-refractivity contribution >= 4 is 17.7 Å². The molecule has 0 saturated carbocycles. The van der Waals surface area contributed by atoms with Crippen molar-refractivity contribution in [2.24, 2.45) is 0 Å². The topological polar surface area (TPSA) is 72.5 Å². The highest BCUT2D eigenvalue weighted by molar-refractivity contribution is 5.97. The van der Waals surface area contributed by atoms with Gasteiger partial charge in [0.2, 0.25) is 0 Å². The maximum Gasteiger partial charge on any atom is 0.416 e. The lowest BCUT2D eigenvalue weighted by molar-refractivity contribution is -0.143. The fourth-order valence-corrected chi connectivity index (χ4v) is 1.93. The van der Waals surface area contributed by atoms with E-state index in [0.29, 0.717) is 6.42 Å². The van der Waals surface area contributed by atoms with Crippen molar-refractivity contribution in [3.05, 3.63) is 35.4 Å². The Hall–Kier alpha value is -2.38. The number of halogens is 3. The number of ketones is 1. The minimum Gasteiger partial charge on any atom is -0.467 e. The van der Waals surface area contributed by atoms with Gasteiger partial charge >= 0.3 is 12.1 Å². The second kappa shape index (κ2) is 8.47. The van der Waals surface area contributed by atoms with Crippen molar-refractivity contribution in [1.29, 1.82) is 0 Å². The van der Waals surface area contributed by atoms with Crippen LogP contribution in [0.3, 0.4) is 0 Å². The smallest absolute Gasteiger partial charge is 0.416 e. The summed E-state index contributed by atoms with van der Waals surface area (Å²) in [6, 6.07) is 2.55. The second-order valence-corrected chi connectivity index (χ2v) is 5.06. The van der Waals surface area contributed by atoms with Gasteiger partial charge in [0.05, 0.1) is 12.7 Å². The molecule has 1 rings (SSSR count). The molecule has 5 nitrogen and oxygen atoms in total. The van der Waals surface area contributed by atoms with E-state index in [2.05, 4.69) is 10.1 Å². The van der Waals surface area contributed by atoms with Crippen LogP contribution in [-0.4, -0.2) is 30.8 Å². The fraction of sp³-hybridized carbons (Fsp3) is 0.438. The average Bonchev–Trinajstić information content (AvgIpc) is 2.56. The third kappa shape index (κ3) is 5.68. The maximum atomic E-state index is 12.5. The lowest BCUT2D eigenvalue weighted by Gasteiger charge is -2.16. The van der Waals surface area contributed by atoms with E-state index in [1.54, 1.807) is 6.92 Å². The molecule has 0 fully saturated rings. The lowest BCUT2D eigenvalue weighted by atomic mass is 10.1. The average molecular weight is 345 g/mol. The standard InChI is InChI=1S/C16H18F3NO4/c1-3-12(21)8-9-13(15(23)24-2)20-14(22)10-4-6-11(7-5-10)16(17,18)19/h4-7,13H,3,8-9H2,1-2H3,(H,20,22)/t13-/m0/s1. The van der Waals surface area contributed by atoms with Gasteiger partial charge in [-0.05, 0) is 30.7 Å². The van der Waals surface area contributed by atoms with E-state index in [1.807, 2.05) is 0 Å².